The number of methoxy groups -OCH3 is 1. The first kappa shape index (κ1) is 14.3. The first-order valence-corrected chi connectivity index (χ1v) is 9.48. The first-order valence-electron chi connectivity index (χ1n) is 9.48. The van der Waals surface area contributed by atoms with Gasteiger partial charge in [-0.15, -0.1) is 0 Å². The molecule has 23 heavy (non-hydrogen) atoms. The molecule has 3 aliphatic carbocycles. The molecule has 1 saturated heterocycles. The zero-order valence-corrected chi connectivity index (χ0v) is 14.4. The molecule has 124 valence electrons. The van der Waals surface area contributed by atoms with Crippen molar-refractivity contribution in [2.45, 2.75) is 63.4 Å². The van der Waals surface area contributed by atoms with Gasteiger partial charge in [-0.05, 0) is 85.0 Å². The van der Waals surface area contributed by atoms with E-state index in [9.17, 15) is 0 Å². The normalized spacial score (nSPS) is 44.2. The van der Waals surface area contributed by atoms with E-state index in [0.717, 1.165) is 30.1 Å². The zero-order valence-electron chi connectivity index (χ0n) is 14.4. The van der Waals surface area contributed by atoms with Crippen LogP contribution in [0.3, 0.4) is 0 Å². The van der Waals surface area contributed by atoms with Crippen molar-refractivity contribution >= 4 is 0 Å². The van der Waals surface area contributed by atoms with Gasteiger partial charge in [0.1, 0.15) is 5.75 Å². The van der Waals surface area contributed by atoms with Crippen molar-refractivity contribution in [2.24, 2.45) is 17.3 Å². The van der Waals surface area contributed by atoms with Crippen LogP contribution in [0.25, 0.3) is 0 Å². The van der Waals surface area contributed by atoms with Gasteiger partial charge in [-0.2, -0.15) is 0 Å². The molecule has 2 nitrogen and oxygen atoms in total. The van der Waals surface area contributed by atoms with Crippen LogP contribution in [0.1, 0.15) is 62.5 Å². The van der Waals surface area contributed by atoms with Gasteiger partial charge in [-0.25, -0.2) is 0 Å². The summed E-state index contributed by atoms with van der Waals surface area (Å²) in [6.07, 6.45) is 9.31. The second-order valence-electron chi connectivity index (χ2n) is 8.57. The van der Waals surface area contributed by atoms with Crippen molar-refractivity contribution < 1.29 is 9.47 Å². The lowest BCUT2D eigenvalue weighted by molar-refractivity contribution is -0.220. The van der Waals surface area contributed by atoms with Crippen molar-refractivity contribution in [2.75, 3.05) is 13.7 Å². The molecule has 5 atom stereocenters. The van der Waals surface area contributed by atoms with Crippen LogP contribution in [-0.2, 0) is 11.2 Å². The molecule has 0 amide bonds. The second kappa shape index (κ2) is 4.75. The Morgan fingerprint density at radius 3 is 2.74 bits per heavy atom. The summed E-state index contributed by atoms with van der Waals surface area (Å²) in [6, 6.07) is 6.81. The van der Waals surface area contributed by atoms with Crippen LogP contribution < -0.4 is 4.74 Å². The standard InChI is InChI=1S/C21H28O2/c1-20-9-7-17-16-6-4-15(22-2)13-14(16)3-5-18(17)19(20)8-10-21(20)11-12-23-21/h4,6,13,17-19H,3,5,7-12H2,1-2H3/t17-,18-,19+,20+,21+/m1/s1. The Kier molecular flexibility index (Phi) is 2.96. The lowest BCUT2D eigenvalue weighted by Gasteiger charge is -2.57. The molecule has 0 radical (unpaired) electrons. The van der Waals surface area contributed by atoms with E-state index in [1.165, 1.54) is 44.9 Å². The molecule has 1 aromatic rings. The van der Waals surface area contributed by atoms with Crippen molar-refractivity contribution in [1.29, 1.82) is 0 Å². The van der Waals surface area contributed by atoms with E-state index in [0.29, 0.717) is 5.41 Å². The summed E-state index contributed by atoms with van der Waals surface area (Å²) in [5.41, 5.74) is 3.86. The van der Waals surface area contributed by atoms with Crippen LogP contribution in [0.4, 0.5) is 0 Å². The Bertz CT molecular complexity index is 633. The number of fused-ring (bicyclic) bond motifs is 6. The van der Waals surface area contributed by atoms with E-state index in [1.807, 2.05) is 0 Å². The third-order valence-corrected chi connectivity index (χ3v) is 8.11. The van der Waals surface area contributed by atoms with Crippen LogP contribution in [0.5, 0.6) is 5.75 Å². The van der Waals surface area contributed by atoms with E-state index in [2.05, 4.69) is 25.1 Å². The molecule has 0 N–H and O–H groups in total. The van der Waals surface area contributed by atoms with Crippen molar-refractivity contribution in [3.63, 3.8) is 0 Å². The summed E-state index contributed by atoms with van der Waals surface area (Å²) in [5.74, 6) is 3.54. The lowest BCUT2D eigenvalue weighted by Crippen LogP contribution is -2.57. The Hall–Kier alpha value is -1.02. The summed E-state index contributed by atoms with van der Waals surface area (Å²) in [5, 5.41) is 0. The molecule has 3 fully saturated rings. The molecule has 0 bridgehead atoms. The molecule has 2 heteroatoms. The topological polar surface area (TPSA) is 18.5 Å². The van der Waals surface area contributed by atoms with Crippen LogP contribution >= 0.6 is 0 Å². The molecule has 1 heterocycles. The summed E-state index contributed by atoms with van der Waals surface area (Å²) < 4.78 is 11.6. The van der Waals surface area contributed by atoms with E-state index in [4.69, 9.17) is 9.47 Å². The van der Waals surface area contributed by atoms with Crippen molar-refractivity contribution in [3.8, 4) is 5.75 Å². The monoisotopic (exact) mass is 312 g/mol. The van der Waals surface area contributed by atoms with E-state index < -0.39 is 0 Å². The van der Waals surface area contributed by atoms with Gasteiger partial charge >= 0.3 is 0 Å². The summed E-state index contributed by atoms with van der Waals surface area (Å²) in [6.45, 7) is 3.56. The second-order valence-corrected chi connectivity index (χ2v) is 8.57. The van der Waals surface area contributed by atoms with Crippen molar-refractivity contribution in [1.82, 2.24) is 0 Å². The third kappa shape index (κ3) is 1.74. The SMILES string of the molecule is COc1ccc2c(c1)CC[C@@H]1[C@@H]2CC[C@@]2(C)[C@H]1CC[C@]21CCO1. The highest BCUT2D eigenvalue weighted by molar-refractivity contribution is 5.41. The highest BCUT2D eigenvalue weighted by Gasteiger charge is 2.64. The van der Waals surface area contributed by atoms with Crippen LogP contribution in [0.15, 0.2) is 18.2 Å². The first-order chi connectivity index (χ1) is 11.2. The third-order valence-electron chi connectivity index (χ3n) is 8.11. The van der Waals surface area contributed by atoms with Gasteiger partial charge in [0.2, 0.25) is 0 Å². The van der Waals surface area contributed by atoms with Gasteiger partial charge < -0.3 is 9.47 Å². The minimum Gasteiger partial charge on any atom is -0.497 e. The maximum absolute atomic E-state index is 6.21. The van der Waals surface area contributed by atoms with E-state index >= 15 is 0 Å². The fourth-order valence-electron chi connectivity index (χ4n) is 6.77. The minimum atomic E-state index is 0.253. The number of hydrogen-bond acceptors (Lipinski definition) is 2. The molecule has 1 spiro atoms. The molecular weight excluding hydrogens is 284 g/mol. The summed E-state index contributed by atoms with van der Waals surface area (Å²) in [4.78, 5) is 0. The van der Waals surface area contributed by atoms with Gasteiger partial charge in [0, 0.05) is 6.42 Å². The van der Waals surface area contributed by atoms with Gasteiger partial charge in [-0.3, -0.25) is 0 Å². The number of aryl methyl sites for hydroxylation is 1. The van der Waals surface area contributed by atoms with E-state index in [-0.39, 0.29) is 5.60 Å². The van der Waals surface area contributed by atoms with Crippen molar-refractivity contribution in [3.05, 3.63) is 29.3 Å². The zero-order chi connectivity index (χ0) is 15.7. The van der Waals surface area contributed by atoms with Gasteiger partial charge in [0.15, 0.2) is 0 Å². The molecule has 1 aliphatic heterocycles. The minimum absolute atomic E-state index is 0.253. The number of hydrogen-bond donors (Lipinski definition) is 0. The number of benzene rings is 1. The number of ether oxygens (including phenoxy) is 2. The Labute approximate surface area is 139 Å². The summed E-state index contributed by atoms with van der Waals surface area (Å²) >= 11 is 0. The average Bonchev–Trinajstić information content (AvgIpc) is 2.87. The molecule has 0 unspecified atom stereocenters. The highest BCUT2D eigenvalue weighted by atomic mass is 16.5. The largest absolute Gasteiger partial charge is 0.497 e. The lowest BCUT2D eigenvalue weighted by atomic mass is 9.52. The quantitative estimate of drug-likeness (QED) is 0.747. The molecule has 4 aliphatic rings. The summed E-state index contributed by atoms with van der Waals surface area (Å²) in [7, 11) is 1.77. The molecular formula is C21H28O2. The maximum Gasteiger partial charge on any atom is 0.119 e. The van der Waals surface area contributed by atoms with Gasteiger partial charge in [0.25, 0.3) is 0 Å². The predicted molar refractivity (Wildman–Crippen MR) is 90.9 cm³/mol. The Morgan fingerprint density at radius 2 is 2.00 bits per heavy atom. The molecule has 2 saturated carbocycles. The smallest absolute Gasteiger partial charge is 0.119 e. The molecule has 0 aromatic heterocycles. The fourth-order valence-corrected chi connectivity index (χ4v) is 6.77. The van der Waals surface area contributed by atoms with E-state index in [1.54, 1.807) is 18.2 Å². The van der Waals surface area contributed by atoms with Gasteiger partial charge in [0.05, 0.1) is 19.3 Å². The van der Waals surface area contributed by atoms with Crippen LogP contribution in [-0.4, -0.2) is 19.3 Å². The van der Waals surface area contributed by atoms with Crippen LogP contribution in [0.2, 0.25) is 0 Å². The fraction of sp³-hybridized carbons (Fsp3) is 0.714. The van der Waals surface area contributed by atoms with Crippen LogP contribution in [0, 0.1) is 17.3 Å². The van der Waals surface area contributed by atoms with Gasteiger partial charge in [-0.1, -0.05) is 13.0 Å². The number of rotatable bonds is 1. The molecule has 1 aromatic carbocycles. The highest BCUT2D eigenvalue weighted by Crippen LogP contribution is 2.67. The predicted octanol–water partition coefficient (Wildman–Crippen LogP) is 4.71. The molecule has 5 rings (SSSR count). The maximum atomic E-state index is 6.21. The average molecular weight is 312 g/mol. The Balaban J connectivity index is 1.49. The Morgan fingerprint density at radius 1 is 1.13 bits per heavy atom.